The Bertz CT molecular complexity index is 428. The maximum atomic E-state index is 13.6. The highest BCUT2D eigenvalue weighted by Crippen LogP contribution is 2.28. The minimum absolute atomic E-state index is 0.216. The summed E-state index contributed by atoms with van der Waals surface area (Å²) in [5, 5.41) is 0. The molecule has 2 N–H and O–H groups in total. The summed E-state index contributed by atoms with van der Waals surface area (Å²) >= 11 is 0. The number of hydrogen-bond donors (Lipinski definition) is 1. The Balaban J connectivity index is 3.29. The average Bonchev–Trinajstić information content (AvgIpc) is 2.31. The van der Waals surface area contributed by atoms with E-state index in [0.717, 1.165) is 11.3 Å². The van der Waals surface area contributed by atoms with Crippen molar-refractivity contribution in [3.63, 3.8) is 0 Å². The summed E-state index contributed by atoms with van der Waals surface area (Å²) in [6, 6.07) is 3.14. The Kier molecular flexibility index (Phi) is 5.10. The maximum Gasteiger partial charge on any atom is 0.126 e. The first kappa shape index (κ1) is 14.5. The van der Waals surface area contributed by atoms with E-state index in [1.807, 2.05) is 25.1 Å². The second-order valence-electron chi connectivity index (χ2n) is 4.43. The standard InChI is InChI=1S/C15H21FN2/c1-5-7-18(8-6-2)15-9-11(3)14(16)10-13(15)12(4)17/h5-6,9-10,12H,1-2,7-8,17H2,3-4H3/t12-/m0/s1. The summed E-state index contributed by atoms with van der Waals surface area (Å²) < 4.78 is 13.6. The second kappa shape index (κ2) is 6.36. The SMILES string of the molecule is C=CCN(CC=C)c1cc(C)c(F)cc1[C@H](C)N. The fourth-order valence-electron chi connectivity index (χ4n) is 1.90. The molecule has 0 unspecified atom stereocenters. The minimum atomic E-state index is -0.219. The lowest BCUT2D eigenvalue weighted by molar-refractivity contribution is 0.612. The molecule has 18 heavy (non-hydrogen) atoms. The predicted molar refractivity (Wildman–Crippen MR) is 76.3 cm³/mol. The van der Waals surface area contributed by atoms with Gasteiger partial charge >= 0.3 is 0 Å². The number of rotatable bonds is 6. The van der Waals surface area contributed by atoms with E-state index in [4.69, 9.17) is 5.73 Å². The normalized spacial score (nSPS) is 12.0. The monoisotopic (exact) mass is 248 g/mol. The molecule has 1 rings (SSSR count). The zero-order valence-corrected chi connectivity index (χ0v) is 11.1. The molecule has 1 atom stereocenters. The van der Waals surface area contributed by atoms with Gasteiger partial charge in [0.15, 0.2) is 0 Å². The van der Waals surface area contributed by atoms with E-state index in [9.17, 15) is 4.39 Å². The lowest BCUT2D eigenvalue weighted by Crippen LogP contribution is -2.26. The molecule has 0 radical (unpaired) electrons. The zero-order valence-electron chi connectivity index (χ0n) is 11.1. The van der Waals surface area contributed by atoms with Crippen LogP contribution in [0.1, 0.15) is 24.1 Å². The number of hydrogen-bond acceptors (Lipinski definition) is 2. The van der Waals surface area contributed by atoms with Gasteiger partial charge in [0.1, 0.15) is 5.82 Å². The molecule has 0 amide bonds. The summed E-state index contributed by atoms with van der Waals surface area (Å²) in [6.07, 6.45) is 3.63. The number of aryl methyl sites for hydroxylation is 1. The van der Waals surface area contributed by atoms with Crippen molar-refractivity contribution in [2.45, 2.75) is 19.9 Å². The van der Waals surface area contributed by atoms with Crippen LogP contribution in [0.2, 0.25) is 0 Å². The van der Waals surface area contributed by atoms with Gasteiger partial charge in [-0.2, -0.15) is 0 Å². The predicted octanol–water partition coefficient (Wildman–Crippen LogP) is 3.33. The molecule has 0 saturated heterocycles. The van der Waals surface area contributed by atoms with E-state index in [1.54, 1.807) is 6.92 Å². The molecule has 0 aromatic heterocycles. The molecule has 0 aliphatic heterocycles. The Morgan fingerprint density at radius 2 is 1.89 bits per heavy atom. The van der Waals surface area contributed by atoms with Gasteiger partial charge in [-0.15, -0.1) is 13.2 Å². The fraction of sp³-hybridized carbons (Fsp3) is 0.333. The first-order valence-corrected chi connectivity index (χ1v) is 6.03. The summed E-state index contributed by atoms with van der Waals surface area (Å²) in [5.41, 5.74) is 8.29. The van der Waals surface area contributed by atoms with Crippen LogP contribution in [0, 0.1) is 12.7 Å². The Morgan fingerprint density at radius 1 is 1.33 bits per heavy atom. The molecule has 0 spiro atoms. The van der Waals surface area contributed by atoms with Crippen LogP contribution in [0.5, 0.6) is 0 Å². The largest absolute Gasteiger partial charge is 0.364 e. The van der Waals surface area contributed by atoms with Crippen LogP contribution in [0.4, 0.5) is 10.1 Å². The Morgan fingerprint density at radius 3 is 2.33 bits per heavy atom. The Hall–Kier alpha value is -1.61. The first-order valence-electron chi connectivity index (χ1n) is 6.03. The zero-order chi connectivity index (χ0) is 13.7. The molecule has 0 aliphatic rings. The van der Waals surface area contributed by atoms with Crippen LogP contribution in [0.15, 0.2) is 37.4 Å². The van der Waals surface area contributed by atoms with Gasteiger partial charge < -0.3 is 10.6 Å². The number of nitrogens with two attached hydrogens (primary N) is 1. The van der Waals surface area contributed by atoms with Gasteiger partial charge in [-0.1, -0.05) is 12.2 Å². The molecule has 3 heteroatoms. The number of nitrogens with zero attached hydrogens (tertiary/aromatic N) is 1. The highest BCUT2D eigenvalue weighted by Gasteiger charge is 2.15. The third kappa shape index (κ3) is 3.20. The lowest BCUT2D eigenvalue weighted by atomic mass is 10.0. The van der Waals surface area contributed by atoms with Crippen molar-refractivity contribution in [3.8, 4) is 0 Å². The quantitative estimate of drug-likeness (QED) is 0.782. The van der Waals surface area contributed by atoms with E-state index < -0.39 is 0 Å². The highest BCUT2D eigenvalue weighted by molar-refractivity contribution is 5.57. The summed E-state index contributed by atoms with van der Waals surface area (Å²) in [6.45, 7) is 12.4. The van der Waals surface area contributed by atoms with Crippen LogP contribution >= 0.6 is 0 Å². The van der Waals surface area contributed by atoms with Crippen molar-refractivity contribution in [2.24, 2.45) is 5.73 Å². The minimum Gasteiger partial charge on any atom is -0.364 e. The van der Waals surface area contributed by atoms with Crippen molar-refractivity contribution in [1.82, 2.24) is 0 Å². The smallest absolute Gasteiger partial charge is 0.126 e. The van der Waals surface area contributed by atoms with E-state index in [-0.39, 0.29) is 11.9 Å². The topological polar surface area (TPSA) is 29.3 Å². The molecule has 0 bridgehead atoms. The number of halogens is 1. The fourth-order valence-corrected chi connectivity index (χ4v) is 1.90. The molecule has 1 aromatic rings. The highest BCUT2D eigenvalue weighted by atomic mass is 19.1. The van der Waals surface area contributed by atoms with E-state index in [2.05, 4.69) is 18.1 Å². The molecule has 98 valence electrons. The third-order valence-corrected chi connectivity index (χ3v) is 2.84. The van der Waals surface area contributed by atoms with Gasteiger partial charge in [0.25, 0.3) is 0 Å². The van der Waals surface area contributed by atoms with Gasteiger partial charge in [0.05, 0.1) is 0 Å². The maximum absolute atomic E-state index is 13.6. The lowest BCUT2D eigenvalue weighted by Gasteiger charge is -2.26. The van der Waals surface area contributed by atoms with Crippen molar-refractivity contribution in [2.75, 3.05) is 18.0 Å². The first-order chi connectivity index (χ1) is 8.51. The molecular formula is C15H21FN2. The molecule has 2 nitrogen and oxygen atoms in total. The van der Waals surface area contributed by atoms with Gasteiger partial charge in [-0.25, -0.2) is 4.39 Å². The van der Waals surface area contributed by atoms with Crippen LogP contribution in [-0.2, 0) is 0 Å². The number of benzene rings is 1. The van der Waals surface area contributed by atoms with Crippen LogP contribution < -0.4 is 10.6 Å². The molecule has 1 aromatic carbocycles. The average molecular weight is 248 g/mol. The van der Waals surface area contributed by atoms with E-state index in [0.29, 0.717) is 18.7 Å². The van der Waals surface area contributed by atoms with Crippen molar-refractivity contribution in [1.29, 1.82) is 0 Å². The molecule has 0 aliphatic carbocycles. The van der Waals surface area contributed by atoms with Crippen LogP contribution in [-0.4, -0.2) is 13.1 Å². The van der Waals surface area contributed by atoms with Gasteiger partial charge in [0.2, 0.25) is 0 Å². The summed E-state index contributed by atoms with van der Waals surface area (Å²) in [7, 11) is 0. The van der Waals surface area contributed by atoms with Crippen molar-refractivity contribution in [3.05, 3.63) is 54.4 Å². The van der Waals surface area contributed by atoms with Gasteiger partial charge in [-0.05, 0) is 37.1 Å². The van der Waals surface area contributed by atoms with Gasteiger partial charge in [-0.3, -0.25) is 0 Å². The van der Waals surface area contributed by atoms with Gasteiger partial charge in [0, 0.05) is 24.8 Å². The molecule has 0 fully saturated rings. The summed E-state index contributed by atoms with van der Waals surface area (Å²) in [4.78, 5) is 2.07. The van der Waals surface area contributed by atoms with Crippen LogP contribution in [0.3, 0.4) is 0 Å². The van der Waals surface area contributed by atoms with Crippen LogP contribution in [0.25, 0.3) is 0 Å². The molecule has 0 heterocycles. The molecule has 0 saturated carbocycles. The molecular weight excluding hydrogens is 227 g/mol. The van der Waals surface area contributed by atoms with Crippen molar-refractivity contribution < 1.29 is 4.39 Å². The van der Waals surface area contributed by atoms with Crippen molar-refractivity contribution >= 4 is 5.69 Å². The summed E-state index contributed by atoms with van der Waals surface area (Å²) in [5.74, 6) is -0.219. The second-order valence-corrected chi connectivity index (χ2v) is 4.43. The van der Waals surface area contributed by atoms with E-state index >= 15 is 0 Å². The Labute approximate surface area is 109 Å². The van der Waals surface area contributed by atoms with E-state index in [1.165, 1.54) is 6.07 Å². The number of anilines is 1. The third-order valence-electron chi connectivity index (χ3n) is 2.84.